The standard InChI is InChI=1S/C36H72ClNS2/c37-34-32-30-28-26-24-22-20-18-16-14-12-10-8-6-4-2-1-3-5-7-9-11-13-15-17-19-21-23-25-27-29-31-33-35-38-36(39)40/h1-35H2,(H2,38,39,40). The van der Waals surface area contributed by atoms with Crippen molar-refractivity contribution in [3.63, 3.8) is 0 Å². The molecule has 0 spiro atoms. The molecule has 240 valence electrons. The third kappa shape index (κ3) is 38.5. The van der Waals surface area contributed by atoms with Crippen molar-refractivity contribution in [1.29, 1.82) is 0 Å². The topological polar surface area (TPSA) is 12.0 Å². The molecule has 0 amide bonds. The highest BCUT2D eigenvalue weighted by molar-refractivity contribution is 8.11. The van der Waals surface area contributed by atoms with Gasteiger partial charge in [-0.2, -0.15) is 0 Å². The number of thiol groups is 1. The fourth-order valence-corrected chi connectivity index (χ4v) is 6.30. The highest BCUT2D eigenvalue weighted by Gasteiger charge is 1.97. The Bertz CT molecular complexity index is 474. The first-order chi connectivity index (χ1) is 19.8. The first-order valence-corrected chi connectivity index (χ1v) is 19.7. The van der Waals surface area contributed by atoms with Crippen LogP contribution in [-0.4, -0.2) is 16.7 Å². The molecule has 4 heteroatoms. The third-order valence-corrected chi connectivity index (χ3v) is 9.16. The molecule has 0 radical (unpaired) electrons. The second-order valence-electron chi connectivity index (χ2n) is 12.6. The molecule has 0 aromatic rings. The van der Waals surface area contributed by atoms with Crippen molar-refractivity contribution in [1.82, 2.24) is 5.32 Å². The first kappa shape index (κ1) is 40.5. The third-order valence-electron chi connectivity index (χ3n) is 8.59. The molecule has 0 unspecified atom stereocenters. The van der Waals surface area contributed by atoms with Crippen LogP contribution in [0.3, 0.4) is 0 Å². The molecule has 0 heterocycles. The van der Waals surface area contributed by atoms with E-state index in [9.17, 15) is 0 Å². The van der Waals surface area contributed by atoms with E-state index in [2.05, 4.69) is 17.9 Å². The second-order valence-corrected chi connectivity index (χ2v) is 14.1. The lowest BCUT2D eigenvalue weighted by Gasteiger charge is -2.05. The molecular weight excluding hydrogens is 546 g/mol. The summed E-state index contributed by atoms with van der Waals surface area (Å²) in [6.45, 7) is 0.986. The zero-order chi connectivity index (χ0) is 29.0. The Hall–Kier alpha value is 0.530. The van der Waals surface area contributed by atoms with Gasteiger partial charge in [-0.1, -0.05) is 211 Å². The van der Waals surface area contributed by atoms with E-state index in [-0.39, 0.29) is 0 Å². The van der Waals surface area contributed by atoms with Gasteiger partial charge in [0, 0.05) is 12.4 Å². The Morgan fingerprint density at radius 1 is 0.350 bits per heavy atom. The van der Waals surface area contributed by atoms with E-state index in [1.165, 1.54) is 212 Å². The predicted octanol–water partition coefficient (Wildman–Crippen LogP) is 13.9. The van der Waals surface area contributed by atoms with Crippen molar-refractivity contribution in [3.05, 3.63) is 0 Å². The molecule has 0 aliphatic heterocycles. The van der Waals surface area contributed by atoms with Gasteiger partial charge in [-0.25, -0.2) is 0 Å². The van der Waals surface area contributed by atoms with E-state index in [1.54, 1.807) is 0 Å². The summed E-state index contributed by atoms with van der Waals surface area (Å²) >= 11 is 14.7. The van der Waals surface area contributed by atoms with E-state index >= 15 is 0 Å². The fraction of sp³-hybridized carbons (Fsp3) is 0.972. The van der Waals surface area contributed by atoms with Crippen molar-refractivity contribution in [2.24, 2.45) is 0 Å². The molecule has 0 saturated carbocycles. The monoisotopic (exact) mass is 617 g/mol. The summed E-state index contributed by atoms with van der Waals surface area (Å²) < 4.78 is 0.629. The van der Waals surface area contributed by atoms with E-state index in [4.69, 9.17) is 23.8 Å². The number of alkyl halides is 1. The number of hydrogen-bond acceptors (Lipinski definition) is 1. The van der Waals surface area contributed by atoms with Crippen molar-refractivity contribution in [3.8, 4) is 0 Å². The van der Waals surface area contributed by atoms with Gasteiger partial charge in [0.25, 0.3) is 0 Å². The van der Waals surface area contributed by atoms with E-state index in [0.29, 0.717) is 4.32 Å². The highest BCUT2D eigenvalue weighted by atomic mass is 35.5. The molecule has 0 aliphatic carbocycles. The summed E-state index contributed by atoms with van der Waals surface area (Å²) in [5, 5.41) is 3.11. The van der Waals surface area contributed by atoms with E-state index in [1.807, 2.05) is 0 Å². The summed E-state index contributed by atoms with van der Waals surface area (Å²) in [7, 11) is 0. The number of nitrogens with one attached hydrogen (secondary N) is 1. The quantitative estimate of drug-likeness (QED) is 0.0317. The SMILES string of the molecule is S=C(S)NCCCCCCCCCCCCCCCCCCCCCCCCCCCCCCCCCCCCl. The maximum absolute atomic E-state index is 5.73. The van der Waals surface area contributed by atoms with Gasteiger partial charge in [0.1, 0.15) is 4.32 Å². The van der Waals surface area contributed by atoms with Crippen LogP contribution in [0.25, 0.3) is 0 Å². The van der Waals surface area contributed by atoms with Crippen LogP contribution in [0.15, 0.2) is 0 Å². The van der Waals surface area contributed by atoms with Crippen LogP contribution in [0.5, 0.6) is 0 Å². The van der Waals surface area contributed by atoms with Gasteiger partial charge in [-0.3, -0.25) is 0 Å². The van der Waals surface area contributed by atoms with Crippen LogP contribution in [0, 0.1) is 0 Å². The van der Waals surface area contributed by atoms with Crippen LogP contribution in [0.2, 0.25) is 0 Å². The van der Waals surface area contributed by atoms with E-state index in [0.717, 1.165) is 12.4 Å². The number of rotatable bonds is 35. The summed E-state index contributed by atoms with van der Waals surface area (Å²) in [6, 6.07) is 0. The van der Waals surface area contributed by atoms with Gasteiger partial charge in [0.05, 0.1) is 0 Å². The van der Waals surface area contributed by atoms with Gasteiger partial charge < -0.3 is 5.32 Å². The summed E-state index contributed by atoms with van der Waals surface area (Å²) in [4.78, 5) is 0. The Morgan fingerprint density at radius 3 is 0.700 bits per heavy atom. The number of unbranched alkanes of at least 4 members (excludes halogenated alkanes) is 32. The second kappa shape index (κ2) is 37.6. The number of thiocarbonyl (C=S) groups is 1. The molecule has 0 aliphatic rings. The zero-order valence-corrected chi connectivity index (χ0v) is 29.4. The molecule has 0 rings (SSSR count). The molecular formula is C36H72ClNS2. The largest absolute Gasteiger partial charge is 0.371 e. The molecule has 1 nitrogen and oxygen atoms in total. The number of hydrogen-bond donors (Lipinski definition) is 2. The lowest BCUT2D eigenvalue weighted by atomic mass is 10.0. The van der Waals surface area contributed by atoms with Crippen LogP contribution < -0.4 is 5.32 Å². The Morgan fingerprint density at radius 2 is 0.525 bits per heavy atom. The first-order valence-electron chi connectivity index (χ1n) is 18.3. The Labute approximate surface area is 269 Å². The highest BCUT2D eigenvalue weighted by Crippen LogP contribution is 2.17. The van der Waals surface area contributed by atoms with E-state index < -0.39 is 0 Å². The average molecular weight is 619 g/mol. The van der Waals surface area contributed by atoms with Gasteiger partial charge in [-0.15, -0.1) is 24.2 Å². The molecule has 40 heavy (non-hydrogen) atoms. The van der Waals surface area contributed by atoms with Crippen molar-refractivity contribution < 1.29 is 0 Å². The molecule has 0 aromatic heterocycles. The summed E-state index contributed by atoms with van der Waals surface area (Å²) in [6.07, 6.45) is 47.4. The molecule has 0 atom stereocenters. The van der Waals surface area contributed by atoms with Crippen LogP contribution in [0.4, 0.5) is 0 Å². The zero-order valence-electron chi connectivity index (χ0n) is 27.0. The minimum absolute atomic E-state index is 0.629. The molecule has 0 aromatic carbocycles. The summed E-state index contributed by atoms with van der Waals surface area (Å²) in [5.41, 5.74) is 0. The summed E-state index contributed by atoms with van der Waals surface area (Å²) in [5.74, 6) is 0.844. The smallest absolute Gasteiger partial charge is 0.130 e. The maximum Gasteiger partial charge on any atom is 0.130 e. The Balaban J connectivity index is 3.03. The lowest BCUT2D eigenvalue weighted by molar-refractivity contribution is 0.511. The molecule has 1 N–H and O–H groups in total. The minimum Gasteiger partial charge on any atom is -0.371 e. The minimum atomic E-state index is 0.629. The number of halogens is 1. The Kier molecular flexibility index (Phi) is 38.1. The maximum atomic E-state index is 5.73. The average Bonchev–Trinajstić information content (AvgIpc) is 2.95. The molecule has 0 bridgehead atoms. The van der Waals surface area contributed by atoms with Crippen LogP contribution >= 0.6 is 36.4 Å². The van der Waals surface area contributed by atoms with Crippen LogP contribution in [-0.2, 0) is 0 Å². The molecule has 0 saturated heterocycles. The lowest BCUT2D eigenvalue weighted by Crippen LogP contribution is -2.17. The fourth-order valence-electron chi connectivity index (χ4n) is 5.89. The van der Waals surface area contributed by atoms with Gasteiger partial charge >= 0.3 is 0 Å². The molecule has 0 fully saturated rings. The van der Waals surface area contributed by atoms with Gasteiger partial charge in [-0.05, 0) is 12.8 Å². The van der Waals surface area contributed by atoms with Crippen molar-refractivity contribution in [2.45, 2.75) is 212 Å². The van der Waals surface area contributed by atoms with Crippen LogP contribution in [0.1, 0.15) is 212 Å². The van der Waals surface area contributed by atoms with Gasteiger partial charge in [0.15, 0.2) is 0 Å². The predicted molar refractivity (Wildman–Crippen MR) is 193 cm³/mol. The van der Waals surface area contributed by atoms with Gasteiger partial charge in [0.2, 0.25) is 0 Å². The van der Waals surface area contributed by atoms with Crippen molar-refractivity contribution in [2.75, 3.05) is 12.4 Å². The van der Waals surface area contributed by atoms with Crippen molar-refractivity contribution >= 4 is 40.8 Å². The normalized spacial score (nSPS) is 11.3.